The smallest absolute Gasteiger partial charge is 0.253 e. The van der Waals surface area contributed by atoms with Crippen LogP contribution in [0.3, 0.4) is 0 Å². The maximum absolute atomic E-state index is 11.6. The number of rotatable bonds is 3. The van der Waals surface area contributed by atoms with E-state index < -0.39 is 0 Å². The van der Waals surface area contributed by atoms with Gasteiger partial charge in [0.05, 0.1) is 0 Å². The highest BCUT2D eigenvalue weighted by Crippen LogP contribution is 2.07. The first-order chi connectivity index (χ1) is 6.65. The van der Waals surface area contributed by atoms with Gasteiger partial charge >= 0.3 is 0 Å². The van der Waals surface area contributed by atoms with Gasteiger partial charge in [0.2, 0.25) is 0 Å². The summed E-state index contributed by atoms with van der Waals surface area (Å²) in [6, 6.07) is 7.37. The van der Waals surface area contributed by atoms with E-state index in [0.29, 0.717) is 12.0 Å². The van der Waals surface area contributed by atoms with Gasteiger partial charge in [-0.15, -0.1) is 0 Å². The van der Waals surface area contributed by atoms with Gasteiger partial charge in [0.15, 0.2) is 0 Å². The Morgan fingerprint density at radius 1 is 1.50 bits per heavy atom. The molecule has 0 saturated carbocycles. The van der Waals surface area contributed by atoms with Gasteiger partial charge < -0.3 is 10.3 Å². The molecule has 0 radical (unpaired) electrons. The fourth-order valence-corrected chi connectivity index (χ4v) is 1.21. The number of hydrogen-bond acceptors (Lipinski definition) is 2. The number of benzene rings is 1. The SMILES string of the molecule is CN(C)C(=O)c1cccc(CC=N)c1. The van der Waals surface area contributed by atoms with Crippen LogP contribution in [0.15, 0.2) is 24.3 Å². The molecule has 0 heterocycles. The lowest BCUT2D eigenvalue weighted by molar-refractivity contribution is 0.0827. The molecule has 0 bridgehead atoms. The van der Waals surface area contributed by atoms with Gasteiger partial charge in [-0.3, -0.25) is 4.79 Å². The van der Waals surface area contributed by atoms with Crippen LogP contribution in [-0.2, 0) is 6.42 Å². The average Bonchev–Trinajstić information content (AvgIpc) is 2.17. The third-order valence-electron chi connectivity index (χ3n) is 1.92. The molecule has 0 aromatic heterocycles. The molecule has 14 heavy (non-hydrogen) atoms. The van der Waals surface area contributed by atoms with Gasteiger partial charge in [-0.2, -0.15) is 0 Å². The van der Waals surface area contributed by atoms with Crippen molar-refractivity contribution in [2.45, 2.75) is 6.42 Å². The quantitative estimate of drug-likeness (QED) is 0.722. The number of hydrogen-bond donors (Lipinski definition) is 1. The monoisotopic (exact) mass is 190 g/mol. The summed E-state index contributed by atoms with van der Waals surface area (Å²) in [4.78, 5) is 13.1. The van der Waals surface area contributed by atoms with Gasteiger partial charge in [-0.25, -0.2) is 0 Å². The Kier molecular flexibility index (Phi) is 3.40. The van der Waals surface area contributed by atoms with Gasteiger partial charge in [-0.05, 0) is 23.9 Å². The predicted molar refractivity (Wildman–Crippen MR) is 56.9 cm³/mol. The first-order valence-electron chi connectivity index (χ1n) is 4.44. The van der Waals surface area contributed by atoms with E-state index in [1.165, 1.54) is 6.21 Å². The number of nitrogens with one attached hydrogen (secondary N) is 1. The van der Waals surface area contributed by atoms with Crippen LogP contribution < -0.4 is 0 Å². The highest BCUT2D eigenvalue weighted by Gasteiger charge is 2.07. The van der Waals surface area contributed by atoms with Crippen molar-refractivity contribution >= 4 is 12.1 Å². The molecule has 0 aliphatic carbocycles. The van der Waals surface area contributed by atoms with E-state index in [-0.39, 0.29) is 5.91 Å². The molecule has 0 saturated heterocycles. The third-order valence-corrected chi connectivity index (χ3v) is 1.92. The van der Waals surface area contributed by atoms with Crippen LogP contribution >= 0.6 is 0 Å². The molecule has 1 amide bonds. The van der Waals surface area contributed by atoms with Gasteiger partial charge in [-0.1, -0.05) is 12.1 Å². The van der Waals surface area contributed by atoms with Crippen molar-refractivity contribution < 1.29 is 4.79 Å². The van der Waals surface area contributed by atoms with E-state index in [0.717, 1.165) is 5.56 Å². The minimum absolute atomic E-state index is 0.00293. The molecule has 0 atom stereocenters. The molecular weight excluding hydrogens is 176 g/mol. The molecular formula is C11H14N2O. The van der Waals surface area contributed by atoms with Crippen LogP contribution in [0.25, 0.3) is 0 Å². The second-order valence-electron chi connectivity index (χ2n) is 3.31. The van der Waals surface area contributed by atoms with Crippen LogP contribution in [0.1, 0.15) is 15.9 Å². The van der Waals surface area contributed by atoms with Crippen LogP contribution in [0.4, 0.5) is 0 Å². The molecule has 0 aliphatic heterocycles. The highest BCUT2D eigenvalue weighted by molar-refractivity contribution is 5.94. The Morgan fingerprint density at radius 3 is 2.79 bits per heavy atom. The molecule has 1 rings (SSSR count). The second-order valence-corrected chi connectivity index (χ2v) is 3.31. The minimum atomic E-state index is -0.00293. The maximum atomic E-state index is 11.6. The van der Waals surface area contributed by atoms with Crippen molar-refractivity contribution in [2.24, 2.45) is 0 Å². The molecule has 74 valence electrons. The van der Waals surface area contributed by atoms with Crippen LogP contribution in [0, 0.1) is 5.41 Å². The number of carbonyl (C=O) groups is 1. The largest absolute Gasteiger partial charge is 0.345 e. The fourth-order valence-electron chi connectivity index (χ4n) is 1.21. The summed E-state index contributed by atoms with van der Waals surface area (Å²) in [7, 11) is 3.46. The summed E-state index contributed by atoms with van der Waals surface area (Å²) in [5, 5.41) is 6.98. The molecule has 3 nitrogen and oxygen atoms in total. The normalized spacial score (nSPS) is 9.57. The molecule has 0 spiro atoms. The summed E-state index contributed by atoms with van der Waals surface area (Å²) in [6.45, 7) is 0. The molecule has 1 N–H and O–H groups in total. The zero-order valence-electron chi connectivity index (χ0n) is 8.45. The summed E-state index contributed by atoms with van der Waals surface area (Å²) in [5.74, 6) is -0.00293. The van der Waals surface area contributed by atoms with Gasteiger partial charge in [0.25, 0.3) is 5.91 Å². The van der Waals surface area contributed by atoms with Crippen LogP contribution in [-0.4, -0.2) is 31.1 Å². The molecule has 3 heteroatoms. The lowest BCUT2D eigenvalue weighted by Gasteiger charge is -2.10. The summed E-state index contributed by atoms with van der Waals surface area (Å²) >= 11 is 0. The van der Waals surface area contributed by atoms with Crippen molar-refractivity contribution in [3.8, 4) is 0 Å². The Bertz CT molecular complexity index is 345. The van der Waals surface area contributed by atoms with E-state index in [4.69, 9.17) is 5.41 Å². The maximum Gasteiger partial charge on any atom is 0.253 e. The molecule has 1 aromatic rings. The van der Waals surface area contributed by atoms with Crippen molar-refractivity contribution in [2.75, 3.05) is 14.1 Å². The summed E-state index contributed by atoms with van der Waals surface area (Å²) in [6.07, 6.45) is 1.91. The van der Waals surface area contributed by atoms with Crippen molar-refractivity contribution in [3.05, 3.63) is 35.4 Å². The van der Waals surface area contributed by atoms with Gasteiger partial charge in [0, 0.05) is 26.1 Å². The van der Waals surface area contributed by atoms with E-state index in [1.54, 1.807) is 25.1 Å². The Balaban J connectivity index is 2.93. The van der Waals surface area contributed by atoms with Crippen LogP contribution in [0.2, 0.25) is 0 Å². The summed E-state index contributed by atoms with van der Waals surface area (Å²) in [5.41, 5.74) is 1.67. The average molecular weight is 190 g/mol. The third kappa shape index (κ3) is 2.42. The van der Waals surface area contributed by atoms with E-state index >= 15 is 0 Å². The molecule has 0 aliphatic rings. The number of carbonyl (C=O) groups excluding carboxylic acids is 1. The molecule has 1 aromatic carbocycles. The number of nitrogens with zero attached hydrogens (tertiary/aromatic N) is 1. The second kappa shape index (κ2) is 4.56. The van der Waals surface area contributed by atoms with Crippen molar-refractivity contribution in [1.29, 1.82) is 5.41 Å². The van der Waals surface area contributed by atoms with Crippen molar-refractivity contribution in [1.82, 2.24) is 4.90 Å². The zero-order valence-corrected chi connectivity index (χ0v) is 8.45. The predicted octanol–water partition coefficient (Wildman–Crippen LogP) is 1.58. The Labute approximate surface area is 83.9 Å². The Hall–Kier alpha value is -1.64. The molecule has 0 unspecified atom stereocenters. The first-order valence-corrected chi connectivity index (χ1v) is 4.44. The topological polar surface area (TPSA) is 44.2 Å². The first kappa shape index (κ1) is 10.4. The van der Waals surface area contributed by atoms with Gasteiger partial charge in [0.1, 0.15) is 0 Å². The standard InChI is InChI=1S/C11H14N2O/c1-13(2)11(14)10-5-3-4-9(8-10)6-7-12/h3-5,7-8,12H,6H2,1-2H3. The molecule has 0 fully saturated rings. The summed E-state index contributed by atoms with van der Waals surface area (Å²) < 4.78 is 0. The lowest BCUT2D eigenvalue weighted by atomic mass is 10.1. The van der Waals surface area contributed by atoms with Crippen molar-refractivity contribution in [3.63, 3.8) is 0 Å². The minimum Gasteiger partial charge on any atom is -0.345 e. The zero-order chi connectivity index (χ0) is 10.6. The van der Waals surface area contributed by atoms with E-state index in [1.807, 2.05) is 18.2 Å². The van der Waals surface area contributed by atoms with E-state index in [2.05, 4.69) is 0 Å². The highest BCUT2D eigenvalue weighted by atomic mass is 16.2. The van der Waals surface area contributed by atoms with E-state index in [9.17, 15) is 4.79 Å². The lowest BCUT2D eigenvalue weighted by Crippen LogP contribution is -2.21. The fraction of sp³-hybridized carbons (Fsp3) is 0.273. The Morgan fingerprint density at radius 2 is 2.21 bits per heavy atom. The number of amides is 1. The van der Waals surface area contributed by atoms with Crippen LogP contribution in [0.5, 0.6) is 0 Å².